The normalized spacial score (nSPS) is 13.7. The van der Waals surface area contributed by atoms with Crippen LogP contribution in [0.5, 0.6) is 0 Å². The van der Waals surface area contributed by atoms with Gasteiger partial charge in [0.2, 0.25) is 0 Å². The third kappa shape index (κ3) is 3.39. The summed E-state index contributed by atoms with van der Waals surface area (Å²) in [6.07, 6.45) is 4.05. The molecule has 1 aliphatic rings. The lowest BCUT2D eigenvalue weighted by Crippen LogP contribution is -2.21. The van der Waals surface area contributed by atoms with Crippen molar-refractivity contribution in [2.24, 2.45) is 0 Å². The maximum absolute atomic E-state index is 10.7. The Morgan fingerprint density at radius 2 is 1.94 bits per heavy atom. The van der Waals surface area contributed by atoms with Crippen molar-refractivity contribution in [3.63, 3.8) is 0 Å². The Balaban J connectivity index is 0.00000144. The van der Waals surface area contributed by atoms with Gasteiger partial charge in [-0.1, -0.05) is 12.1 Å². The molecule has 92 valence electrons. The summed E-state index contributed by atoms with van der Waals surface area (Å²) < 4.78 is 0. The summed E-state index contributed by atoms with van der Waals surface area (Å²) in [5.74, 6) is -0.882. The van der Waals surface area contributed by atoms with Crippen molar-refractivity contribution in [1.82, 2.24) is 9.80 Å². The second-order valence-electron chi connectivity index (χ2n) is 3.95. The zero-order valence-electron chi connectivity index (χ0n) is 9.54. The maximum atomic E-state index is 10.7. The van der Waals surface area contributed by atoms with Gasteiger partial charge in [-0.3, -0.25) is 0 Å². The average molecular weight is 255 g/mol. The van der Waals surface area contributed by atoms with Crippen molar-refractivity contribution in [3.8, 4) is 0 Å². The highest BCUT2D eigenvalue weighted by molar-refractivity contribution is 5.87. The standard InChI is InChI=1S/C12H14N2O2.ClH/c1-13-6-7-14(9-13)8-10-2-4-11(5-3-10)12(15)16;/h2-7H,8-9H2,1H3,(H,15,16);1H. The highest BCUT2D eigenvalue weighted by Gasteiger charge is 2.09. The first-order chi connectivity index (χ1) is 7.65. The molecular weight excluding hydrogens is 240 g/mol. The lowest BCUT2D eigenvalue weighted by Gasteiger charge is -2.18. The van der Waals surface area contributed by atoms with Gasteiger partial charge in [-0.2, -0.15) is 0 Å². The van der Waals surface area contributed by atoms with Crippen molar-refractivity contribution >= 4 is 18.4 Å². The van der Waals surface area contributed by atoms with E-state index < -0.39 is 5.97 Å². The van der Waals surface area contributed by atoms with Crippen molar-refractivity contribution in [1.29, 1.82) is 0 Å². The molecule has 5 heteroatoms. The van der Waals surface area contributed by atoms with Crippen LogP contribution in [0.25, 0.3) is 0 Å². The van der Waals surface area contributed by atoms with Gasteiger partial charge >= 0.3 is 5.97 Å². The van der Waals surface area contributed by atoms with Crippen LogP contribution < -0.4 is 0 Å². The fraction of sp³-hybridized carbons (Fsp3) is 0.250. The van der Waals surface area contributed by atoms with E-state index in [1.807, 2.05) is 31.6 Å². The molecule has 0 spiro atoms. The number of benzene rings is 1. The molecule has 1 aromatic rings. The third-order valence-corrected chi connectivity index (χ3v) is 2.52. The topological polar surface area (TPSA) is 43.8 Å². The minimum Gasteiger partial charge on any atom is -0.478 e. The molecule has 1 N–H and O–H groups in total. The zero-order chi connectivity index (χ0) is 11.5. The average Bonchev–Trinajstić information content (AvgIpc) is 2.65. The molecule has 0 amide bonds. The van der Waals surface area contributed by atoms with Gasteiger partial charge in [-0.25, -0.2) is 4.79 Å². The molecule has 1 aromatic carbocycles. The Labute approximate surface area is 107 Å². The Morgan fingerprint density at radius 1 is 1.29 bits per heavy atom. The van der Waals surface area contributed by atoms with Crippen LogP contribution in [-0.2, 0) is 6.54 Å². The maximum Gasteiger partial charge on any atom is 0.335 e. The summed E-state index contributed by atoms with van der Waals surface area (Å²) in [7, 11) is 2.02. The Bertz CT molecular complexity index is 417. The van der Waals surface area contributed by atoms with Gasteiger partial charge in [0.25, 0.3) is 0 Å². The first-order valence-corrected chi connectivity index (χ1v) is 5.10. The van der Waals surface area contributed by atoms with E-state index in [4.69, 9.17) is 5.11 Å². The smallest absolute Gasteiger partial charge is 0.335 e. The van der Waals surface area contributed by atoms with Gasteiger partial charge in [0.1, 0.15) is 0 Å². The van der Waals surface area contributed by atoms with Crippen LogP contribution in [-0.4, -0.2) is 34.6 Å². The molecule has 0 atom stereocenters. The molecule has 1 aliphatic heterocycles. The monoisotopic (exact) mass is 254 g/mol. The van der Waals surface area contributed by atoms with Crippen molar-refractivity contribution < 1.29 is 9.90 Å². The van der Waals surface area contributed by atoms with Crippen LogP contribution in [0, 0.1) is 0 Å². The summed E-state index contributed by atoms with van der Waals surface area (Å²) in [4.78, 5) is 14.9. The molecule has 1 heterocycles. The van der Waals surface area contributed by atoms with Crippen molar-refractivity contribution in [2.75, 3.05) is 13.7 Å². The van der Waals surface area contributed by atoms with E-state index in [-0.39, 0.29) is 12.4 Å². The molecule has 0 radical (unpaired) electrons. The van der Waals surface area contributed by atoms with Crippen molar-refractivity contribution in [3.05, 3.63) is 47.8 Å². The fourth-order valence-electron chi connectivity index (χ4n) is 1.68. The lowest BCUT2D eigenvalue weighted by molar-refractivity contribution is 0.0697. The Morgan fingerprint density at radius 3 is 2.41 bits per heavy atom. The van der Waals surface area contributed by atoms with Crippen LogP contribution in [0.4, 0.5) is 0 Å². The molecule has 0 saturated carbocycles. The number of halogens is 1. The van der Waals surface area contributed by atoms with E-state index in [0.717, 1.165) is 18.8 Å². The second kappa shape index (κ2) is 5.59. The second-order valence-corrected chi connectivity index (χ2v) is 3.95. The van der Waals surface area contributed by atoms with Crippen LogP contribution in [0.2, 0.25) is 0 Å². The van der Waals surface area contributed by atoms with Gasteiger partial charge in [-0.15, -0.1) is 12.4 Å². The SMILES string of the molecule is CN1C=CN(Cc2ccc(C(=O)O)cc2)C1.Cl. The van der Waals surface area contributed by atoms with Crippen LogP contribution in [0.3, 0.4) is 0 Å². The molecule has 4 nitrogen and oxygen atoms in total. The molecule has 17 heavy (non-hydrogen) atoms. The molecule has 0 aliphatic carbocycles. The number of aromatic carboxylic acids is 1. The first-order valence-electron chi connectivity index (χ1n) is 5.10. The predicted octanol–water partition coefficient (Wildman–Crippen LogP) is 1.98. The van der Waals surface area contributed by atoms with E-state index in [2.05, 4.69) is 9.80 Å². The number of carboxylic acids is 1. The summed E-state index contributed by atoms with van der Waals surface area (Å²) in [6, 6.07) is 6.99. The Kier molecular flexibility index (Phi) is 4.40. The van der Waals surface area contributed by atoms with E-state index in [0.29, 0.717) is 5.56 Å². The van der Waals surface area contributed by atoms with Crippen molar-refractivity contribution in [2.45, 2.75) is 6.54 Å². The summed E-state index contributed by atoms with van der Waals surface area (Å²) in [6.45, 7) is 1.68. The van der Waals surface area contributed by atoms with E-state index in [9.17, 15) is 4.79 Å². The molecule has 2 rings (SSSR count). The van der Waals surface area contributed by atoms with Gasteiger partial charge in [0.15, 0.2) is 0 Å². The van der Waals surface area contributed by atoms with Crippen LogP contribution in [0.15, 0.2) is 36.7 Å². The largest absolute Gasteiger partial charge is 0.478 e. The quantitative estimate of drug-likeness (QED) is 0.896. The first kappa shape index (κ1) is 13.4. The predicted molar refractivity (Wildman–Crippen MR) is 68.0 cm³/mol. The summed E-state index contributed by atoms with van der Waals surface area (Å²) in [5, 5.41) is 8.77. The zero-order valence-corrected chi connectivity index (χ0v) is 10.4. The third-order valence-electron chi connectivity index (χ3n) is 2.52. The van der Waals surface area contributed by atoms with Gasteiger partial charge < -0.3 is 14.9 Å². The molecule has 0 aromatic heterocycles. The van der Waals surface area contributed by atoms with Gasteiger partial charge in [0.05, 0.1) is 12.2 Å². The fourth-order valence-corrected chi connectivity index (χ4v) is 1.68. The molecule has 0 saturated heterocycles. The number of nitrogens with zero attached hydrogens (tertiary/aromatic N) is 2. The van der Waals surface area contributed by atoms with Gasteiger partial charge in [0, 0.05) is 26.0 Å². The number of rotatable bonds is 3. The summed E-state index contributed by atoms with van der Waals surface area (Å²) >= 11 is 0. The Hall–Kier alpha value is -1.68. The molecule has 0 unspecified atom stereocenters. The molecule has 0 fully saturated rings. The number of carbonyl (C=O) groups is 1. The van der Waals surface area contributed by atoms with E-state index in [1.165, 1.54) is 0 Å². The minimum absolute atomic E-state index is 0. The highest BCUT2D eigenvalue weighted by atomic mass is 35.5. The van der Waals surface area contributed by atoms with E-state index >= 15 is 0 Å². The number of hydrogen-bond acceptors (Lipinski definition) is 3. The molecular formula is C12H15ClN2O2. The minimum atomic E-state index is -0.882. The van der Waals surface area contributed by atoms with E-state index in [1.54, 1.807) is 12.1 Å². The number of hydrogen-bond donors (Lipinski definition) is 1. The number of carboxylic acid groups (broad SMARTS) is 1. The summed E-state index contributed by atoms with van der Waals surface area (Å²) in [5.41, 5.74) is 1.45. The van der Waals surface area contributed by atoms with Gasteiger partial charge in [-0.05, 0) is 17.7 Å². The highest BCUT2D eigenvalue weighted by Crippen LogP contribution is 2.11. The molecule has 0 bridgehead atoms. The van der Waals surface area contributed by atoms with Crippen LogP contribution >= 0.6 is 12.4 Å². The van der Waals surface area contributed by atoms with Crippen LogP contribution in [0.1, 0.15) is 15.9 Å². The lowest BCUT2D eigenvalue weighted by atomic mass is 10.1.